The number of aromatic nitrogens is 3. The van der Waals surface area contributed by atoms with Crippen molar-refractivity contribution in [3.05, 3.63) is 39.9 Å². The molecule has 5 heteroatoms. The topological polar surface area (TPSA) is 27.2 Å². The Morgan fingerprint density at radius 3 is 2.59 bits per heavy atom. The lowest BCUT2D eigenvalue weighted by Gasteiger charge is -2.22. The molecule has 1 aromatic carbocycles. The van der Waals surface area contributed by atoms with Crippen molar-refractivity contribution >= 4 is 12.2 Å². The molecule has 1 saturated heterocycles. The molecule has 0 bridgehead atoms. The van der Waals surface area contributed by atoms with E-state index in [0.29, 0.717) is 0 Å². The number of hydrogen-bond donors (Lipinski definition) is 1. The lowest BCUT2D eigenvalue weighted by molar-refractivity contribution is -0.928. The molecule has 0 saturated carbocycles. The van der Waals surface area contributed by atoms with Crippen molar-refractivity contribution in [3.63, 3.8) is 0 Å². The van der Waals surface area contributed by atoms with Gasteiger partial charge in [0, 0.05) is 0 Å². The van der Waals surface area contributed by atoms with Crippen molar-refractivity contribution in [2.24, 2.45) is 0 Å². The Hall–Kier alpha value is -1.46. The molecule has 22 heavy (non-hydrogen) atoms. The molecule has 0 atom stereocenters. The number of nitrogens with zero attached hydrogens (tertiary/aromatic N) is 3. The van der Waals surface area contributed by atoms with Crippen LogP contribution < -0.4 is 4.90 Å². The Morgan fingerprint density at radius 1 is 1.14 bits per heavy atom. The van der Waals surface area contributed by atoms with E-state index < -0.39 is 0 Å². The molecule has 1 fully saturated rings. The van der Waals surface area contributed by atoms with Crippen LogP contribution in [0, 0.1) is 25.5 Å². The number of aryl methyl sites for hydroxylation is 2. The SMILES string of the molecule is Cc1cccc(-n2c(C)nn(C[NH+]3CCCCC3)c2=S)c1C. The predicted molar refractivity (Wildman–Crippen MR) is 91.1 cm³/mol. The molecule has 0 unspecified atom stereocenters. The molecule has 1 N–H and O–H groups in total. The second-order valence-corrected chi connectivity index (χ2v) is 6.72. The fourth-order valence-corrected chi connectivity index (χ4v) is 3.63. The van der Waals surface area contributed by atoms with Crippen molar-refractivity contribution in [2.45, 2.75) is 46.7 Å². The van der Waals surface area contributed by atoms with E-state index in [1.54, 1.807) is 4.90 Å². The number of rotatable bonds is 3. The summed E-state index contributed by atoms with van der Waals surface area (Å²) in [5, 5.41) is 4.71. The van der Waals surface area contributed by atoms with Crippen LogP contribution in [0.3, 0.4) is 0 Å². The van der Waals surface area contributed by atoms with Gasteiger partial charge in [0.25, 0.3) is 0 Å². The lowest BCUT2D eigenvalue weighted by Crippen LogP contribution is -3.12. The van der Waals surface area contributed by atoms with Crippen LogP contribution in [0.4, 0.5) is 0 Å². The summed E-state index contributed by atoms with van der Waals surface area (Å²) in [6.45, 7) is 9.69. The van der Waals surface area contributed by atoms with Crippen LogP contribution in [-0.4, -0.2) is 27.4 Å². The summed E-state index contributed by atoms with van der Waals surface area (Å²) in [6.07, 6.45) is 4.00. The van der Waals surface area contributed by atoms with Crippen molar-refractivity contribution in [2.75, 3.05) is 13.1 Å². The molecule has 0 spiro atoms. The molecular formula is C17H25N4S+. The van der Waals surface area contributed by atoms with Gasteiger partial charge in [-0.1, -0.05) is 12.1 Å². The van der Waals surface area contributed by atoms with Crippen molar-refractivity contribution in [3.8, 4) is 5.69 Å². The zero-order valence-electron chi connectivity index (χ0n) is 13.7. The van der Waals surface area contributed by atoms with E-state index in [2.05, 4.69) is 36.6 Å². The monoisotopic (exact) mass is 317 g/mol. The van der Waals surface area contributed by atoms with Gasteiger partial charge in [0.05, 0.1) is 18.8 Å². The smallest absolute Gasteiger partial charge is 0.207 e. The van der Waals surface area contributed by atoms with Gasteiger partial charge in [0.2, 0.25) is 4.77 Å². The standard InChI is InChI=1S/C17H24N4S/c1-13-8-7-9-16(14(13)2)21-15(3)18-20(17(21)22)12-19-10-5-4-6-11-19/h7-9H,4-6,10-12H2,1-3H3/p+1. The van der Waals surface area contributed by atoms with E-state index in [9.17, 15) is 0 Å². The minimum atomic E-state index is 0.810. The van der Waals surface area contributed by atoms with Crippen LogP contribution in [0.2, 0.25) is 0 Å². The maximum Gasteiger partial charge on any atom is 0.207 e. The molecule has 1 aliphatic rings. The van der Waals surface area contributed by atoms with Crippen LogP contribution in [-0.2, 0) is 6.67 Å². The summed E-state index contributed by atoms with van der Waals surface area (Å²) in [7, 11) is 0. The van der Waals surface area contributed by atoms with Gasteiger partial charge in [-0.25, -0.2) is 0 Å². The quantitative estimate of drug-likeness (QED) is 0.880. The van der Waals surface area contributed by atoms with Gasteiger partial charge in [0.1, 0.15) is 5.82 Å². The molecule has 4 nitrogen and oxygen atoms in total. The Balaban J connectivity index is 1.96. The van der Waals surface area contributed by atoms with Gasteiger partial charge < -0.3 is 4.90 Å². The molecule has 0 radical (unpaired) electrons. The second-order valence-electron chi connectivity index (χ2n) is 6.35. The number of quaternary nitrogens is 1. The first-order chi connectivity index (χ1) is 10.6. The highest BCUT2D eigenvalue weighted by Crippen LogP contribution is 2.19. The van der Waals surface area contributed by atoms with Gasteiger partial charge in [0.15, 0.2) is 6.67 Å². The third-order valence-corrected chi connectivity index (χ3v) is 5.15. The molecular weight excluding hydrogens is 292 g/mol. The van der Waals surface area contributed by atoms with Crippen molar-refractivity contribution in [1.29, 1.82) is 0 Å². The zero-order chi connectivity index (χ0) is 15.7. The Bertz CT molecular complexity index is 723. The molecule has 1 aliphatic heterocycles. The van der Waals surface area contributed by atoms with E-state index in [0.717, 1.165) is 23.0 Å². The van der Waals surface area contributed by atoms with Crippen molar-refractivity contribution < 1.29 is 4.90 Å². The molecule has 1 aromatic heterocycles. The van der Waals surface area contributed by atoms with Gasteiger partial charge in [-0.3, -0.25) is 4.57 Å². The Morgan fingerprint density at radius 2 is 1.86 bits per heavy atom. The summed E-state index contributed by atoms with van der Waals surface area (Å²) in [4.78, 5) is 1.59. The van der Waals surface area contributed by atoms with Crippen LogP contribution in [0.15, 0.2) is 18.2 Å². The van der Waals surface area contributed by atoms with E-state index in [1.165, 1.54) is 43.5 Å². The number of nitrogens with one attached hydrogen (secondary N) is 1. The Kier molecular flexibility index (Phi) is 4.45. The van der Waals surface area contributed by atoms with E-state index in [-0.39, 0.29) is 0 Å². The highest BCUT2D eigenvalue weighted by Gasteiger charge is 2.17. The average Bonchev–Trinajstić information content (AvgIpc) is 2.78. The highest BCUT2D eigenvalue weighted by molar-refractivity contribution is 7.71. The average molecular weight is 317 g/mol. The van der Waals surface area contributed by atoms with E-state index >= 15 is 0 Å². The summed E-state index contributed by atoms with van der Waals surface area (Å²) in [6, 6.07) is 6.36. The lowest BCUT2D eigenvalue weighted by atomic mass is 10.1. The zero-order valence-corrected chi connectivity index (χ0v) is 14.5. The second kappa shape index (κ2) is 6.34. The number of piperidine rings is 1. The Labute approximate surface area is 137 Å². The first-order valence-corrected chi connectivity index (χ1v) is 8.55. The van der Waals surface area contributed by atoms with Gasteiger partial charge in [-0.05, 0) is 69.4 Å². The van der Waals surface area contributed by atoms with Gasteiger partial charge in [-0.2, -0.15) is 9.78 Å². The predicted octanol–water partition coefficient (Wildman–Crippen LogP) is 2.35. The molecule has 3 rings (SSSR count). The third kappa shape index (κ3) is 2.88. The number of hydrogen-bond acceptors (Lipinski definition) is 2. The number of likely N-dealkylation sites (tertiary alicyclic amines) is 1. The first kappa shape index (κ1) is 15.4. The maximum atomic E-state index is 5.72. The van der Waals surface area contributed by atoms with Crippen LogP contribution in [0.5, 0.6) is 0 Å². The normalized spacial score (nSPS) is 16.1. The third-order valence-electron chi connectivity index (χ3n) is 4.75. The molecule has 2 heterocycles. The summed E-state index contributed by atoms with van der Waals surface area (Å²) < 4.78 is 4.93. The van der Waals surface area contributed by atoms with E-state index in [1.807, 2.05) is 11.6 Å². The van der Waals surface area contributed by atoms with Crippen LogP contribution in [0.1, 0.15) is 36.2 Å². The maximum absolute atomic E-state index is 5.72. The summed E-state index contributed by atoms with van der Waals surface area (Å²) >= 11 is 5.72. The summed E-state index contributed by atoms with van der Waals surface area (Å²) in [5.74, 6) is 0.968. The largest absolute Gasteiger partial charge is 0.316 e. The molecule has 0 aliphatic carbocycles. The van der Waals surface area contributed by atoms with E-state index in [4.69, 9.17) is 17.3 Å². The summed E-state index contributed by atoms with van der Waals surface area (Å²) in [5.41, 5.74) is 3.71. The first-order valence-electron chi connectivity index (χ1n) is 8.14. The fraction of sp³-hybridized carbons (Fsp3) is 0.529. The fourth-order valence-electron chi connectivity index (χ4n) is 3.30. The molecule has 0 amide bonds. The van der Waals surface area contributed by atoms with Crippen LogP contribution in [0.25, 0.3) is 5.69 Å². The van der Waals surface area contributed by atoms with Crippen molar-refractivity contribution in [1.82, 2.24) is 14.3 Å². The highest BCUT2D eigenvalue weighted by atomic mass is 32.1. The molecule has 2 aromatic rings. The minimum Gasteiger partial charge on any atom is -0.316 e. The molecule has 118 valence electrons. The number of benzene rings is 1. The van der Waals surface area contributed by atoms with Gasteiger partial charge >= 0.3 is 0 Å². The van der Waals surface area contributed by atoms with Crippen LogP contribution >= 0.6 is 12.2 Å². The minimum absolute atomic E-state index is 0.810. The van der Waals surface area contributed by atoms with Gasteiger partial charge in [-0.15, -0.1) is 0 Å².